The molecular formula is C22H29N3O2. The quantitative estimate of drug-likeness (QED) is 0.581. The first-order chi connectivity index (χ1) is 13.2. The Kier molecular flexibility index (Phi) is 6.58. The number of hydrogen-bond donors (Lipinski definition) is 2. The smallest absolute Gasteiger partial charge is 0.191 e. The fraction of sp³-hybridized carbons (Fsp3) is 0.409. The second kappa shape index (κ2) is 9.31. The number of ether oxygens (including phenoxy) is 2. The molecule has 0 radical (unpaired) electrons. The third kappa shape index (κ3) is 4.94. The van der Waals surface area contributed by atoms with Crippen molar-refractivity contribution in [3.8, 4) is 11.5 Å². The summed E-state index contributed by atoms with van der Waals surface area (Å²) in [5, 5.41) is 6.70. The summed E-state index contributed by atoms with van der Waals surface area (Å²) in [5.74, 6) is 2.28. The summed E-state index contributed by atoms with van der Waals surface area (Å²) in [4.78, 5) is 4.74. The zero-order valence-electron chi connectivity index (χ0n) is 16.5. The number of benzene rings is 2. The molecule has 5 nitrogen and oxygen atoms in total. The minimum absolute atomic E-state index is 0.663. The maximum absolute atomic E-state index is 5.37. The first kappa shape index (κ1) is 19.1. The van der Waals surface area contributed by atoms with E-state index in [1.807, 2.05) is 18.2 Å². The van der Waals surface area contributed by atoms with Crippen LogP contribution in [0.15, 0.2) is 41.4 Å². The van der Waals surface area contributed by atoms with E-state index in [2.05, 4.69) is 35.8 Å². The monoisotopic (exact) mass is 367 g/mol. The van der Waals surface area contributed by atoms with Crippen molar-refractivity contribution < 1.29 is 9.47 Å². The number of fused-ring (bicyclic) bond motifs is 1. The molecule has 0 spiro atoms. The van der Waals surface area contributed by atoms with Gasteiger partial charge in [-0.1, -0.05) is 24.3 Å². The average Bonchev–Trinajstić information content (AvgIpc) is 3.17. The molecule has 0 fully saturated rings. The zero-order valence-corrected chi connectivity index (χ0v) is 16.5. The molecule has 0 atom stereocenters. The maximum Gasteiger partial charge on any atom is 0.191 e. The van der Waals surface area contributed by atoms with Gasteiger partial charge in [-0.15, -0.1) is 0 Å². The van der Waals surface area contributed by atoms with Crippen molar-refractivity contribution in [3.63, 3.8) is 0 Å². The molecule has 2 aromatic carbocycles. The van der Waals surface area contributed by atoms with Crippen LogP contribution < -0.4 is 20.1 Å². The molecule has 5 heteroatoms. The molecule has 0 heterocycles. The van der Waals surface area contributed by atoms with E-state index in [1.54, 1.807) is 14.2 Å². The maximum atomic E-state index is 5.37. The lowest BCUT2D eigenvalue weighted by Crippen LogP contribution is -2.36. The second-order valence-electron chi connectivity index (χ2n) is 6.69. The van der Waals surface area contributed by atoms with Crippen LogP contribution in [0.25, 0.3) is 0 Å². The van der Waals surface area contributed by atoms with Crippen molar-refractivity contribution in [2.45, 2.75) is 39.3 Å². The second-order valence-corrected chi connectivity index (χ2v) is 6.69. The van der Waals surface area contributed by atoms with Crippen molar-refractivity contribution >= 4 is 5.96 Å². The van der Waals surface area contributed by atoms with Crippen molar-refractivity contribution in [1.29, 1.82) is 0 Å². The average molecular weight is 367 g/mol. The van der Waals surface area contributed by atoms with Crippen molar-refractivity contribution in [2.24, 2.45) is 4.99 Å². The Labute approximate surface area is 161 Å². The van der Waals surface area contributed by atoms with Crippen LogP contribution in [0.5, 0.6) is 11.5 Å². The lowest BCUT2D eigenvalue weighted by Gasteiger charge is -2.13. The highest BCUT2D eigenvalue weighted by Gasteiger charge is 2.10. The number of hydrogen-bond acceptors (Lipinski definition) is 3. The van der Waals surface area contributed by atoms with Crippen LogP contribution >= 0.6 is 0 Å². The Morgan fingerprint density at radius 3 is 2.48 bits per heavy atom. The molecule has 0 saturated carbocycles. The van der Waals surface area contributed by atoms with Crippen LogP contribution in [0, 0.1) is 0 Å². The molecule has 0 bridgehead atoms. The molecule has 1 aliphatic rings. The topological polar surface area (TPSA) is 54.9 Å². The van der Waals surface area contributed by atoms with E-state index in [9.17, 15) is 0 Å². The molecule has 0 amide bonds. The molecule has 2 N–H and O–H groups in total. The lowest BCUT2D eigenvalue weighted by molar-refractivity contribution is 0.354. The SMILES string of the molecule is CCNC(=NCc1ccc2c(c1)CCC2)NCc1ccc(OC)c(OC)c1. The number of aryl methyl sites for hydroxylation is 2. The predicted octanol–water partition coefficient (Wildman–Crippen LogP) is 3.45. The predicted molar refractivity (Wildman–Crippen MR) is 110 cm³/mol. The van der Waals surface area contributed by atoms with Gasteiger partial charge in [0.25, 0.3) is 0 Å². The Hall–Kier alpha value is -2.69. The minimum Gasteiger partial charge on any atom is -0.493 e. The molecule has 0 saturated heterocycles. The van der Waals surface area contributed by atoms with Crippen LogP contribution in [0.2, 0.25) is 0 Å². The highest BCUT2D eigenvalue weighted by Crippen LogP contribution is 2.27. The van der Waals surface area contributed by atoms with Gasteiger partial charge in [0.1, 0.15) is 0 Å². The van der Waals surface area contributed by atoms with Gasteiger partial charge in [0.2, 0.25) is 0 Å². The molecule has 3 rings (SSSR count). The first-order valence-electron chi connectivity index (χ1n) is 9.57. The number of guanidine groups is 1. The third-order valence-corrected chi connectivity index (χ3v) is 4.83. The molecule has 1 aliphatic carbocycles. The molecule has 144 valence electrons. The van der Waals surface area contributed by atoms with Crippen molar-refractivity contribution in [3.05, 3.63) is 58.7 Å². The summed E-state index contributed by atoms with van der Waals surface area (Å²) in [5.41, 5.74) is 5.36. The standard InChI is InChI=1S/C22H29N3O2/c1-4-23-22(24-14-16-8-10-18-6-5-7-19(18)12-16)25-15-17-9-11-20(26-2)21(13-17)27-3/h8-13H,4-7,14-15H2,1-3H3,(H2,23,24,25). The first-order valence-corrected chi connectivity index (χ1v) is 9.57. The summed E-state index contributed by atoms with van der Waals surface area (Å²) in [6, 6.07) is 12.7. The molecule has 0 aliphatic heterocycles. The van der Waals surface area contributed by atoms with E-state index in [4.69, 9.17) is 14.5 Å². The third-order valence-electron chi connectivity index (χ3n) is 4.83. The summed E-state index contributed by atoms with van der Waals surface area (Å²) >= 11 is 0. The highest BCUT2D eigenvalue weighted by molar-refractivity contribution is 5.79. The number of rotatable bonds is 7. The van der Waals surface area contributed by atoms with Crippen molar-refractivity contribution in [2.75, 3.05) is 20.8 Å². The van der Waals surface area contributed by atoms with Gasteiger partial charge in [0.05, 0.1) is 20.8 Å². The van der Waals surface area contributed by atoms with Crippen molar-refractivity contribution in [1.82, 2.24) is 10.6 Å². The molecule has 0 unspecified atom stereocenters. The van der Waals surface area contributed by atoms with E-state index < -0.39 is 0 Å². The summed E-state index contributed by atoms with van der Waals surface area (Å²) in [6.07, 6.45) is 3.69. The normalized spacial score (nSPS) is 13.2. The van der Waals surface area contributed by atoms with E-state index in [0.29, 0.717) is 13.1 Å². The van der Waals surface area contributed by atoms with E-state index in [1.165, 1.54) is 36.0 Å². The number of methoxy groups -OCH3 is 2. The van der Waals surface area contributed by atoms with Crippen LogP contribution in [0.1, 0.15) is 35.6 Å². The Morgan fingerprint density at radius 2 is 1.70 bits per heavy atom. The molecule has 2 aromatic rings. The van der Waals surface area contributed by atoms with Gasteiger partial charge in [-0.05, 0) is 60.6 Å². The van der Waals surface area contributed by atoms with Gasteiger partial charge >= 0.3 is 0 Å². The molecule has 0 aromatic heterocycles. The Balaban J connectivity index is 1.64. The Morgan fingerprint density at radius 1 is 0.926 bits per heavy atom. The van der Waals surface area contributed by atoms with Gasteiger partial charge in [-0.3, -0.25) is 0 Å². The molecular weight excluding hydrogens is 338 g/mol. The van der Waals surface area contributed by atoms with Crippen LogP contribution in [-0.2, 0) is 25.9 Å². The van der Waals surface area contributed by atoms with Gasteiger partial charge in [-0.2, -0.15) is 0 Å². The molecule has 27 heavy (non-hydrogen) atoms. The van der Waals surface area contributed by atoms with Gasteiger partial charge in [0, 0.05) is 13.1 Å². The van der Waals surface area contributed by atoms with E-state index in [0.717, 1.165) is 29.6 Å². The minimum atomic E-state index is 0.663. The number of nitrogens with one attached hydrogen (secondary N) is 2. The van der Waals surface area contributed by atoms with E-state index in [-0.39, 0.29) is 0 Å². The number of aliphatic imine (C=N–C) groups is 1. The highest BCUT2D eigenvalue weighted by atomic mass is 16.5. The van der Waals surface area contributed by atoms with Crippen LogP contribution in [0.3, 0.4) is 0 Å². The zero-order chi connectivity index (χ0) is 19.1. The summed E-state index contributed by atoms with van der Waals surface area (Å²) < 4.78 is 10.7. The van der Waals surface area contributed by atoms with Crippen LogP contribution in [0.4, 0.5) is 0 Å². The lowest BCUT2D eigenvalue weighted by atomic mass is 10.1. The van der Waals surface area contributed by atoms with Gasteiger partial charge in [-0.25, -0.2) is 4.99 Å². The Bertz CT molecular complexity index is 802. The fourth-order valence-corrected chi connectivity index (χ4v) is 3.41. The summed E-state index contributed by atoms with van der Waals surface area (Å²) in [6.45, 7) is 4.23. The van der Waals surface area contributed by atoms with Crippen LogP contribution in [-0.4, -0.2) is 26.7 Å². The fourth-order valence-electron chi connectivity index (χ4n) is 3.41. The van der Waals surface area contributed by atoms with E-state index >= 15 is 0 Å². The summed E-state index contributed by atoms with van der Waals surface area (Å²) in [7, 11) is 3.29. The largest absolute Gasteiger partial charge is 0.493 e. The van der Waals surface area contributed by atoms with Gasteiger partial charge in [0.15, 0.2) is 17.5 Å². The number of nitrogens with zero attached hydrogens (tertiary/aromatic N) is 1. The van der Waals surface area contributed by atoms with Gasteiger partial charge < -0.3 is 20.1 Å².